The number of nitrogens with one attached hydrogen (secondary N) is 1. The average Bonchev–Trinajstić information content (AvgIpc) is 3.39. The summed E-state index contributed by atoms with van der Waals surface area (Å²) >= 11 is 0. The average molecular weight is 519 g/mol. The van der Waals surface area contributed by atoms with Crippen LogP contribution in [-0.4, -0.2) is 36.4 Å². The Kier molecular flexibility index (Phi) is 6.46. The van der Waals surface area contributed by atoms with Crippen LogP contribution in [0.15, 0.2) is 50.4 Å². The number of benzene rings is 2. The molecule has 1 aromatic heterocycles. The Bertz CT molecular complexity index is 1530. The van der Waals surface area contributed by atoms with Crippen molar-refractivity contribution in [1.82, 2.24) is 15.5 Å². The van der Waals surface area contributed by atoms with Crippen LogP contribution in [0.1, 0.15) is 17.9 Å². The lowest BCUT2D eigenvalue weighted by molar-refractivity contribution is 0.116. The van der Waals surface area contributed by atoms with Crippen molar-refractivity contribution in [3.05, 3.63) is 85.8 Å². The van der Waals surface area contributed by atoms with Crippen molar-refractivity contribution in [1.29, 1.82) is 0 Å². The molecule has 0 unspecified atom stereocenters. The van der Waals surface area contributed by atoms with Gasteiger partial charge in [0.05, 0.1) is 6.54 Å². The molecule has 5 rings (SSSR count). The van der Waals surface area contributed by atoms with E-state index in [1.807, 2.05) is 0 Å². The lowest BCUT2D eigenvalue weighted by Gasteiger charge is -2.35. The monoisotopic (exact) mass is 519 g/mol. The predicted molar refractivity (Wildman–Crippen MR) is 123 cm³/mol. The van der Waals surface area contributed by atoms with E-state index in [4.69, 9.17) is 4.42 Å². The molecule has 3 aromatic carbocycles. The summed E-state index contributed by atoms with van der Waals surface area (Å²) in [5, 5.41) is 9.83. The van der Waals surface area contributed by atoms with Gasteiger partial charge in [-0.3, -0.25) is 9.59 Å². The van der Waals surface area contributed by atoms with Gasteiger partial charge >= 0.3 is 6.43 Å². The molecule has 4 aromatic rings. The lowest BCUT2D eigenvalue weighted by atomic mass is 10.1. The Morgan fingerprint density at radius 3 is 2.35 bits per heavy atom. The highest BCUT2D eigenvalue weighted by Gasteiger charge is 2.32. The molecule has 0 aliphatic carbocycles. The molecule has 0 spiro atoms. The maximum Gasteiger partial charge on any atom is 0.314 e. The Hall–Kier alpha value is -4.13. The highest BCUT2D eigenvalue weighted by Crippen LogP contribution is 2.34. The molecule has 8 nitrogen and oxygen atoms in total. The van der Waals surface area contributed by atoms with Gasteiger partial charge in [0.15, 0.2) is 11.6 Å². The second-order valence-electron chi connectivity index (χ2n) is 8.33. The Morgan fingerprint density at radius 1 is 0.946 bits per heavy atom. The fourth-order valence-corrected chi connectivity index (χ4v) is 4.17. The first kappa shape index (κ1) is 24.6. The summed E-state index contributed by atoms with van der Waals surface area (Å²) in [6, 6.07) is 6.58. The number of hydrogen-bond donors (Lipinski definition) is 1. The molecule has 192 valence electrons. The molecule has 0 saturated carbocycles. The smallest absolute Gasteiger partial charge is 0.314 e. The van der Waals surface area contributed by atoms with E-state index in [9.17, 15) is 27.2 Å². The molecular weight excluding hydrogens is 501 g/mol. The second kappa shape index (κ2) is 9.73. The molecule has 37 heavy (non-hydrogen) atoms. The Labute approximate surface area is 205 Å². The SMILES string of the molecule is O=c1c(N2CCNCC2)c(N(Cc2ccc(-c3nnc(C(F)F)o3)cc2F)c2ccc(F)c(F)c2)c1=O. The van der Waals surface area contributed by atoms with Gasteiger partial charge in [0.2, 0.25) is 5.89 Å². The van der Waals surface area contributed by atoms with Gasteiger partial charge < -0.3 is 19.5 Å². The third kappa shape index (κ3) is 4.57. The molecule has 1 saturated heterocycles. The molecule has 0 atom stereocenters. The fourth-order valence-electron chi connectivity index (χ4n) is 4.17. The number of halogens is 5. The van der Waals surface area contributed by atoms with Gasteiger partial charge in [-0.1, -0.05) is 6.07 Å². The number of nitrogens with zero attached hydrogens (tertiary/aromatic N) is 4. The van der Waals surface area contributed by atoms with Crippen LogP contribution < -0.4 is 26.0 Å². The second-order valence-corrected chi connectivity index (χ2v) is 8.33. The fraction of sp³-hybridized carbons (Fsp3) is 0.250. The maximum atomic E-state index is 15.1. The van der Waals surface area contributed by atoms with Crippen LogP contribution in [0.3, 0.4) is 0 Å². The summed E-state index contributed by atoms with van der Waals surface area (Å²) in [6.07, 6.45) is -2.99. The number of aromatic nitrogens is 2. The van der Waals surface area contributed by atoms with Crippen LogP contribution in [0.5, 0.6) is 0 Å². The van der Waals surface area contributed by atoms with Crippen molar-refractivity contribution in [2.75, 3.05) is 36.0 Å². The lowest BCUT2D eigenvalue weighted by Crippen LogP contribution is -2.51. The first-order chi connectivity index (χ1) is 17.7. The maximum absolute atomic E-state index is 15.1. The number of piperazine rings is 1. The summed E-state index contributed by atoms with van der Waals surface area (Å²) in [4.78, 5) is 28.2. The zero-order valence-electron chi connectivity index (χ0n) is 19.0. The van der Waals surface area contributed by atoms with Crippen molar-refractivity contribution in [3.8, 4) is 11.5 Å². The minimum absolute atomic E-state index is 0.0152. The Morgan fingerprint density at radius 2 is 1.70 bits per heavy atom. The van der Waals surface area contributed by atoms with Gasteiger partial charge in [-0.05, 0) is 24.3 Å². The van der Waals surface area contributed by atoms with Crippen LogP contribution in [0.2, 0.25) is 0 Å². The van der Waals surface area contributed by atoms with Crippen LogP contribution in [-0.2, 0) is 6.54 Å². The van der Waals surface area contributed by atoms with E-state index in [0.717, 1.165) is 18.2 Å². The van der Waals surface area contributed by atoms with Gasteiger partial charge in [-0.25, -0.2) is 13.2 Å². The van der Waals surface area contributed by atoms with Crippen molar-refractivity contribution in [3.63, 3.8) is 0 Å². The topological polar surface area (TPSA) is 91.6 Å². The third-order valence-corrected chi connectivity index (χ3v) is 6.03. The molecule has 1 aliphatic heterocycles. The van der Waals surface area contributed by atoms with Gasteiger partial charge in [-0.2, -0.15) is 8.78 Å². The van der Waals surface area contributed by atoms with Crippen LogP contribution in [0.4, 0.5) is 39.0 Å². The molecule has 1 aliphatic rings. The summed E-state index contributed by atoms with van der Waals surface area (Å²) in [6.45, 7) is 1.70. The molecule has 0 amide bonds. The third-order valence-electron chi connectivity index (χ3n) is 6.03. The summed E-state index contributed by atoms with van der Waals surface area (Å²) in [5.74, 6) is -4.35. The summed E-state index contributed by atoms with van der Waals surface area (Å²) in [7, 11) is 0. The highest BCUT2D eigenvalue weighted by atomic mass is 19.3. The van der Waals surface area contributed by atoms with Gasteiger partial charge in [0.1, 0.15) is 17.2 Å². The Balaban J connectivity index is 1.54. The van der Waals surface area contributed by atoms with E-state index in [-0.39, 0.29) is 40.6 Å². The first-order valence-corrected chi connectivity index (χ1v) is 11.2. The number of rotatable bonds is 7. The minimum atomic E-state index is -2.99. The van der Waals surface area contributed by atoms with Crippen LogP contribution >= 0.6 is 0 Å². The first-order valence-electron chi connectivity index (χ1n) is 11.2. The van der Waals surface area contributed by atoms with Crippen LogP contribution in [0, 0.1) is 17.5 Å². The van der Waals surface area contributed by atoms with Crippen molar-refractivity contribution in [2.24, 2.45) is 0 Å². The van der Waals surface area contributed by atoms with E-state index >= 15 is 4.39 Å². The molecule has 1 N–H and O–H groups in total. The largest absolute Gasteiger partial charge is 0.415 e. The molecule has 13 heteroatoms. The summed E-state index contributed by atoms with van der Waals surface area (Å²) < 4.78 is 73.3. The van der Waals surface area contributed by atoms with Crippen molar-refractivity contribution in [2.45, 2.75) is 13.0 Å². The molecule has 2 heterocycles. The predicted octanol–water partition coefficient (Wildman–Crippen LogP) is 3.44. The minimum Gasteiger partial charge on any atom is -0.415 e. The normalized spacial score (nSPS) is 14.1. The van der Waals surface area contributed by atoms with E-state index in [2.05, 4.69) is 15.5 Å². The molecule has 0 radical (unpaired) electrons. The quantitative estimate of drug-likeness (QED) is 0.294. The van der Waals surface area contributed by atoms with E-state index in [1.54, 1.807) is 4.90 Å². The number of alkyl halides is 2. The standard InChI is InChI=1S/C24H18F5N5O3/c25-15-4-3-14(10-17(15)27)34(19-18(20(35)21(19)36)33-7-5-30-6-8-33)11-13-2-1-12(9-16(13)26)23-31-32-24(37-23)22(28)29/h1-4,9-10,22,30H,5-8,11H2. The molecule has 0 bridgehead atoms. The van der Waals surface area contributed by atoms with E-state index < -0.39 is 40.6 Å². The van der Waals surface area contributed by atoms with Gasteiger partial charge in [0.25, 0.3) is 16.7 Å². The highest BCUT2D eigenvalue weighted by molar-refractivity contribution is 5.81. The zero-order valence-corrected chi connectivity index (χ0v) is 19.0. The molecular formula is C24H18F5N5O3. The van der Waals surface area contributed by atoms with Gasteiger partial charge in [-0.15, -0.1) is 10.2 Å². The van der Waals surface area contributed by atoms with E-state index in [0.29, 0.717) is 26.2 Å². The van der Waals surface area contributed by atoms with Crippen LogP contribution in [0.25, 0.3) is 11.5 Å². The zero-order chi connectivity index (χ0) is 26.3. The van der Waals surface area contributed by atoms with Gasteiger partial charge in [0, 0.05) is 49.1 Å². The molecule has 1 fully saturated rings. The summed E-state index contributed by atoms with van der Waals surface area (Å²) in [5.41, 5.74) is -1.40. The van der Waals surface area contributed by atoms with E-state index in [1.165, 1.54) is 23.1 Å². The number of hydrogen-bond acceptors (Lipinski definition) is 8. The van der Waals surface area contributed by atoms with Crippen molar-refractivity contribution >= 4 is 17.1 Å². The van der Waals surface area contributed by atoms with Crippen molar-refractivity contribution < 1.29 is 26.4 Å². The number of anilines is 3.